The highest BCUT2D eigenvalue weighted by Crippen LogP contribution is 2.37. The summed E-state index contributed by atoms with van der Waals surface area (Å²) in [6.45, 7) is 0.381. The van der Waals surface area contributed by atoms with Gasteiger partial charge in [-0.3, -0.25) is 4.90 Å². The zero-order valence-electron chi connectivity index (χ0n) is 11.1. The number of nitrogens with zero attached hydrogens (tertiary/aromatic N) is 1. The van der Waals surface area contributed by atoms with E-state index in [9.17, 15) is 22.8 Å². The number of carboxylic acid groups (broad SMARTS) is 1. The Balaban J connectivity index is 2.01. The van der Waals surface area contributed by atoms with E-state index in [1.807, 2.05) is 0 Å². The van der Waals surface area contributed by atoms with E-state index in [1.165, 1.54) is 0 Å². The molecule has 0 radical (unpaired) electrons. The number of carbonyl (C=O) groups excluding carboxylic acids is 1. The van der Waals surface area contributed by atoms with E-state index in [2.05, 4.69) is 0 Å². The Morgan fingerprint density at radius 3 is 2.52 bits per heavy atom. The van der Waals surface area contributed by atoms with Crippen molar-refractivity contribution in [1.82, 2.24) is 4.90 Å². The maximum Gasteiger partial charge on any atom is 0.410 e. The molecule has 0 aliphatic carbocycles. The van der Waals surface area contributed by atoms with Crippen molar-refractivity contribution in [3.8, 4) is 0 Å². The molecule has 2 aliphatic rings. The molecule has 2 saturated heterocycles. The summed E-state index contributed by atoms with van der Waals surface area (Å²) in [6.07, 6.45) is -6.27. The van der Waals surface area contributed by atoms with Gasteiger partial charge in [-0.25, -0.2) is 9.59 Å². The first-order valence-electron chi connectivity index (χ1n) is 6.63. The van der Waals surface area contributed by atoms with Gasteiger partial charge in [-0.2, -0.15) is 13.2 Å². The monoisotopic (exact) mass is 311 g/mol. The number of hydrogen-bond donors (Lipinski definition) is 1. The lowest BCUT2D eigenvalue weighted by atomic mass is 9.90. The molecule has 2 rings (SSSR count). The number of hydrogen-bond acceptors (Lipinski definition) is 4. The predicted molar refractivity (Wildman–Crippen MR) is 62.6 cm³/mol. The first kappa shape index (κ1) is 15.9. The number of aliphatic carboxylic acids is 1. The smallest absolute Gasteiger partial charge is 0.410 e. The van der Waals surface area contributed by atoms with Crippen molar-refractivity contribution >= 4 is 12.1 Å². The van der Waals surface area contributed by atoms with E-state index in [0.717, 1.165) is 4.90 Å². The van der Waals surface area contributed by atoms with Crippen molar-refractivity contribution in [1.29, 1.82) is 0 Å². The molecule has 120 valence electrons. The molecule has 0 aromatic heterocycles. The van der Waals surface area contributed by atoms with Crippen LogP contribution in [-0.4, -0.2) is 60.1 Å². The third-order valence-electron chi connectivity index (χ3n) is 3.74. The molecule has 3 atom stereocenters. The Morgan fingerprint density at radius 2 is 2.00 bits per heavy atom. The number of ether oxygens (including phenoxy) is 2. The van der Waals surface area contributed by atoms with Gasteiger partial charge in [0.05, 0.1) is 19.1 Å². The Hall–Kier alpha value is -1.51. The van der Waals surface area contributed by atoms with Crippen LogP contribution in [0.5, 0.6) is 0 Å². The quantitative estimate of drug-likeness (QED) is 0.839. The van der Waals surface area contributed by atoms with E-state index in [4.69, 9.17) is 14.6 Å². The van der Waals surface area contributed by atoms with Crippen molar-refractivity contribution in [3.63, 3.8) is 0 Å². The van der Waals surface area contributed by atoms with Gasteiger partial charge in [0.1, 0.15) is 12.1 Å². The van der Waals surface area contributed by atoms with Gasteiger partial charge in [0.15, 0.2) is 0 Å². The normalized spacial score (nSPS) is 30.2. The van der Waals surface area contributed by atoms with Crippen LogP contribution in [0.15, 0.2) is 0 Å². The van der Waals surface area contributed by atoms with Gasteiger partial charge in [-0.15, -0.1) is 0 Å². The highest BCUT2D eigenvalue weighted by Gasteiger charge is 2.48. The van der Waals surface area contributed by atoms with Crippen LogP contribution < -0.4 is 0 Å². The number of carboxylic acids is 1. The van der Waals surface area contributed by atoms with Gasteiger partial charge >= 0.3 is 18.2 Å². The second-order valence-corrected chi connectivity index (χ2v) is 5.18. The second kappa shape index (κ2) is 6.08. The van der Waals surface area contributed by atoms with E-state index < -0.39 is 42.7 Å². The summed E-state index contributed by atoms with van der Waals surface area (Å²) in [5.41, 5.74) is 0. The van der Waals surface area contributed by atoms with Crippen LogP contribution in [0, 0.1) is 5.92 Å². The molecular weight excluding hydrogens is 295 g/mol. The second-order valence-electron chi connectivity index (χ2n) is 5.18. The van der Waals surface area contributed by atoms with Crippen molar-refractivity contribution in [3.05, 3.63) is 0 Å². The fourth-order valence-corrected chi connectivity index (χ4v) is 2.53. The summed E-state index contributed by atoms with van der Waals surface area (Å²) in [4.78, 5) is 23.9. The number of halogens is 3. The molecule has 21 heavy (non-hydrogen) atoms. The molecule has 0 bridgehead atoms. The fraction of sp³-hybridized carbons (Fsp3) is 0.833. The van der Waals surface area contributed by atoms with E-state index >= 15 is 0 Å². The van der Waals surface area contributed by atoms with Gasteiger partial charge in [0.2, 0.25) is 0 Å². The zero-order valence-corrected chi connectivity index (χ0v) is 11.1. The molecule has 0 saturated carbocycles. The van der Waals surface area contributed by atoms with Crippen LogP contribution >= 0.6 is 0 Å². The fourth-order valence-electron chi connectivity index (χ4n) is 2.53. The lowest BCUT2D eigenvalue weighted by Crippen LogP contribution is -2.52. The number of carbonyl (C=O) groups is 2. The molecule has 9 heteroatoms. The van der Waals surface area contributed by atoms with Crippen LogP contribution in [-0.2, 0) is 14.3 Å². The van der Waals surface area contributed by atoms with Crippen LogP contribution in [0.25, 0.3) is 0 Å². The topological polar surface area (TPSA) is 76.1 Å². The van der Waals surface area contributed by atoms with Crippen molar-refractivity contribution in [2.45, 2.75) is 37.6 Å². The molecule has 1 amide bonds. The molecule has 3 unspecified atom stereocenters. The molecule has 6 nitrogen and oxygen atoms in total. The minimum Gasteiger partial charge on any atom is -0.480 e. The molecule has 0 aromatic rings. The number of alkyl halides is 3. The Labute approximate surface area is 118 Å². The Kier molecular flexibility index (Phi) is 4.60. The van der Waals surface area contributed by atoms with Gasteiger partial charge in [0, 0.05) is 13.0 Å². The standard InChI is InChI=1S/C12H16F3NO5/c13-12(14,15)7-1-3-16(9(5-7)10(17)18)11(19)21-8-2-4-20-6-8/h7-9H,1-6H2,(H,17,18). The number of amides is 1. The number of likely N-dealkylation sites (tertiary alicyclic amines) is 1. The van der Waals surface area contributed by atoms with Gasteiger partial charge in [0.25, 0.3) is 0 Å². The maximum atomic E-state index is 12.7. The minimum atomic E-state index is -4.46. The predicted octanol–water partition coefficient (Wildman–Crippen LogP) is 1.64. The molecule has 0 spiro atoms. The van der Waals surface area contributed by atoms with Crippen LogP contribution in [0.3, 0.4) is 0 Å². The number of piperidine rings is 1. The maximum absolute atomic E-state index is 12.7. The number of rotatable bonds is 2. The first-order chi connectivity index (χ1) is 9.79. The zero-order chi connectivity index (χ0) is 15.6. The Morgan fingerprint density at radius 1 is 1.29 bits per heavy atom. The van der Waals surface area contributed by atoms with E-state index in [-0.39, 0.29) is 19.6 Å². The molecule has 0 aromatic carbocycles. The summed E-state index contributed by atoms with van der Waals surface area (Å²) >= 11 is 0. The highest BCUT2D eigenvalue weighted by molar-refractivity contribution is 5.80. The van der Waals surface area contributed by atoms with Gasteiger partial charge in [-0.05, 0) is 12.8 Å². The van der Waals surface area contributed by atoms with Crippen molar-refractivity contribution in [2.75, 3.05) is 19.8 Å². The molecular formula is C12H16F3NO5. The SMILES string of the molecule is O=C(O)C1CC(C(F)(F)F)CCN1C(=O)OC1CCOC1. The van der Waals surface area contributed by atoms with E-state index in [0.29, 0.717) is 13.0 Å². The lowest BCUT2D eigenvalue weighted by molar-refractivity contribution is -0.191. The average Bonchev–Trinajstić information content (AvgIpc) is 2.89. The third-order valence-corrected chi connectivity index (χ3v) is 3.74. The molecule has 2 heterocycles. The molecule has 2 aliphatic heterocycles. The third kappa shape index (κ3) is 3.78. The van der Waals surface area contributed by atoms with Crippen molar-refractivity contribution < 1.29 is 37.3 Å². The van der Waals surface area contributed by atoms with Crippen LogP contribution in [0.1, 0.15) is 19.3 Å². The minimum absolute atomic E-state index is 0.225. The lowest BCUT2D eigenvalue weighted by Gasteiger charge is -2.37. The largest absolute Gasteiger partial charge is 0.480 e. The summed E-state index contributed by atoms with van der Waals surface area (Å²) < 4.78 is 48.2. The van der Waals surface area contributed by atoms with Gasteiger partial charge < -0.3 is 14.6 Å². The van der Waals surface area contributed by atoms with Crippen molar-refractivity contribution in [2.24, 2.45) is 5.92 Å². The van der Waals surface area contributed by atoms with Crippen LogP contribution in [0.2, 0.25) is 0 Å². The van der Waals surface area contributed by atoms with Crippen LogP contribution in [0.4, 0.5) is 18.0 Å². The highest BCUT2D eigenvalue weighted by atomic mass is 19.4. The van der Waals surface area contributed by atoms with E-state index in [1.54, 1.807) is 0 Å². The molecule has 1 N–H and O–H groups in total. The Bertz CT molecular complexity index is 408. The van der Waals surface area contributed by atoms with Gasteiger partial charge in [-0.1, -0.05) is 0 Å². The average molecular weight is 311 g/mol. The summed E-state index contributed by atoms with van der Waals surface area (Å²) in [7, 11) is 0. The summed E-state index contributed by atoms with van der Waals surface area (Å²) in [6, 6.07) is -1.51. The summed E-state index contributed by atoms with van der Waals surface area (Å²) in [5.74, 6) is -3.17. The summed E-state index contributed by atoms with van der Waals surface area (Å²) in [5, 5.41) is 9.06. The molecule has 2 fully saturated rings. The first-order valence-corrected chi connectivity index (χ1v) is 6.63.